The van der Waals surface area contributed by atoms with Gasteiger partial charge >= 0.3 is 0 Å². The van der Waals surface area contributed by atoms with Crippen LogP contribution < -0.4 is 5.32 Å². The molecule has 2 heteroatoms. The third-order valence-corrected chi connectivity index (χ3v) is 3.42. The summed E-state index contributed by atoms with van der Waals surface area (Å²) >= 11 is 0. The van der Waals surface area contributed by atoms with Crippen molar-refractivity contribution < 1.29 is 0 Å². The lowest BCUT2D eigenvalue weighted by Crippen LogP contribution is -2.36. The van der Waals surface area contributed by atoms with Gasteiger partial charge in [-0.1, -0.05) is 65.1 Å². The third kappa shape index (κ3) is 11.5. The summed E-state index contributed by atoms with van der Waals surface area (Å²) in [6, 6.07) is 0. The van der Waals surface area contributed by atoms with Crippen LogP contribution in [0.25, 0.3) is 0 Å². The number of rotatable bonds is 8. The number of hydrogen-bond acceptors (Lipinski definition) is 1. The van der Waals surface area contributed by atoms with E-state index in [0.29, 0.717) is 5.41 Å². The highest BCUT2D eigenvalue weighted by atomic mass is 14.9. The Hall–Kier alpha value is 0.0249. The highest BCUT2D eigenvalue weighted by molar-refractivity contribution is 6.15. The molecule has 0 saturated carbocycles. The second-order valence-corrected chi connectivity index (χ2v) is 8.48. The van der Waals surface area contributed by atoms with Crippen LogP contribution in [0.2, 0.25) is 5.31 Å². The molecule has 0 bridgehead atoms. The Balaban J connectivity index is 4.27. The number of unbranched alkanes of at least 4 members (excludes halogenated alkanes) is 1. The molecule has 0 aromatic carbocycles. The second-order valence-electron chi connectivity index (χ2n) is 8.48. The van der Waals surface area contributed by atoms with Crippen molar-refractivity contribution in [3.8, 4) is 0 Å². The van der Waals surface area contributed by atoms with E-state index in [4.69, 9.17) is 7.85 Å². The number of nitrogens with one attached hydrogen (secondary N) is 1. The molecule has 0 aliphatic rings. The minimum absolute atomic E-state index is 0.0217. The van der Waals surface area contributed by atoms with Gasteiger partial charge in [0.2, 0.25) is 0 Å². The van der Waals surface area contributed by atoms with Crippen LogP contribution in [0.15, 0.2) is 0 Å². The first-order valence-corrected chi connectivity index (χ1v) is 8.01. The minimum Gasteiger partial charge on any atom is -0.312 e. The highest BCUT2D eigenvalue weighted by Crippen LogP contribution is 2.44. The van der Waals surface area contributed by atoms with Crippen molar-refractivity contribution in [3.63, 3.8) is 0 Å². The first-order chi connectivity index (χ1) is 8.47. The largest absolute Gasteiger partial charge is 0.312 e. The smallest absolute Gasteiger partial charge is 0.0746 e. The maximum Gasteiger partial charge on any atom is 0.0746 e. The minimum atomic E-state index is 0.0217. The summed E-state index contributed by atoms with van der Waals surface area (Å²) in [4.78, 5) is 0. The van der Waals surface area contributed by atoms with Crippen molar-refractivity contribution >= 4 is 7.85 Å². The summed E-state index contributed by atoms with van der Waals surface area (Å²) < 4.78 is 0. The van der Waals surface area contributed by atoms with Crippen LogP contribution in [-0.2, 0) is 0 Å². The molecule has 0 heterocycles. The Morgan fingerprint density at radius 1 is 0.895 bits per heavy atom. The van der Waals surface area contributed by atoms with Crippen LogP contribution in [0, 0.1) is 5.41 Å². The average Bonchev–Trinajstić information content (AvgIpc) is 2.18. The molecule has 1 nitrogen and oxygen atoms in total. The van der Waals surface area contributed by atoms with Crippen molar-refractivity contribution in [2.75, 3.05) is 6.54 Å². The Morgan fingerprint density at radius 2 is 1.42 bits per heavy atom. The molecule has 0 aliphatic carbocycles. The Bertz CT molecular complexity index is 237. The Kier molecular flexibility index (Phi) is 7.72. The fourth-order valence-corrected chi connectivity index (χ4v) is 2.79. The topological polar surface area (TPSA) is 12.0 Å². The molecule has 1 N–H and O–H groups in total. The van der Waals surface area contributed by atoms with Crippen molar-refractivity contribution in [2.45, 2.75) is 97.8 Å². The van der Waals surface area contributed by atoms with Gasteiger partial charge in [0, 0.05) is 5.54 Å². The molecule has 0 amide bonds. The van der Waals surface area contributed by atoms with E-state index >= 15 is 0 Å². The maximum atomic E-state index is 6.69. The van der Waals surface area contributed by atoms with Gasteiger partial charge in [0.05, 0.1) is 7.85 Å². The van der Waals surface area contributed by atoms with Crippen LogP contribution in [0.4, 0.5) is 0 Å². The molecule has 0 saturated heterocycles. The normalized spacial score (nSPS) is 16.4. The quantitative estimate of drug-likeness (QED) is 0.475. The average molecular weight is 265 g/mol. The van der Waals surface area contributed by atoms with Gasteiger partial charge in [-0.3, -0.25) is 0 Å². The van der Waals surface area contributed by atoms with E-state index in [0.717, 1.165) is 25.8 Å². The van der Waals surface area contributed by atoms with Gasteiger partial charge in [-0.25, -0.2) is 0 Å². The van der Waals surface area contributed by atoms with Gasteiger partial charge in [-0.15, -0.1) is 0 Å². The fourth-order valence-electron chi connectivity index (χ4n) is 2.79. The van der Waals surface area contributed by atoms with Crippen LogP contribution in [0.5, 0.6) is 0 Å². The Labute approximate surface area is 123 Å². The lowest BCUT2D eigenvalue weighted by Gasteiger charge is -2.37. The molecule has 0 aromatic rings. The second kappa shape index (κ2) is 7.71. The van der Waals surface area contributed by atoms with E-state index in [1.165, 1.54) is 19.3 Å². The first kappa shape index (κ1) is 19.0. The monoisotopic (exact) mass is 265 g/mol. The van der Waals surface area contributed by atoms with Gasteiger partial charge in [-0.2, -0.15) is 0 Å². The van der Waals surface area contributed by atoms with E-state index in [2.05, 4.69) is 53.8 Å². The molecule has 2 radical (unpaired) electrons. The van der Waals surface area contributed by atoms with Crippen molar-refractivity contribution in [1.29, 1.82) is 0 Å². The zero-order valence-corrected chi connectivity index (χ0v) is 14.5. The predicted molar refractivity (Wildman–Crippen MR) is 89.0 cm³/mol. The lowest BCUT2D eigenvalue weighted by molar-refractivity contribution is 0.274. The molecule has 112 valence electrons. The van der Waals surface area contributed by atoms with E-state index in [9.17, 15) is 0 Å². The highest BCUT2D eigenvalue weighted by Gasteiger charge is 2.28. The van der Waals surface area contributed by atoms with Gasteiger partial charge in [0.15, 0.2) is 0 Å². The summed E-state index contributed by atoms with van der Waals surface area (Å²) in [6.45, 7) is 16.9. The van der Waals surface area contributed by atoms with E-state index in [1.807, 2.05) is 0 Å². The SMILES string of the molecule is [B]C(CCCC)(CCCNC(C)(C)C)CC(C)(C)C. The first-order valence-electron chi connectivity index (χ1n) is 8.01. The molecule has 1 atom stereocenters. The summed E-state index contributed by atoms with van der Waals surface area (Å²) in [6.07, 6.45) is 7.08. The number of hydrogen-bond donors (Lipinski definition) is 1. The van der Waals surface area contributed by atoms with Crippen LogP contribution in [-0.4, -0.2) is 19.9 Å². The molecule has 0 aliphatic heterocycles. The fraction of sp³-hybridized carbons (Fsp3) is 1.00. The van der Waals surface area contributed by atoms with Gasteiger partial charge in [0.25, 0.3) is 0 Å². The molecular weight excluding hydrogens is 229 g/mol. The lowest BCUT2D eigenvalue weighted by atomic mass is 9.57. The Morgan fingerprint density at radius 3 is 1.84 bits per heavy atom. The van der Waals surface area contributed by atoms with Crippen LogP contribution >= 0.6 is 0 Å². The van der Waals surface area contributed by atoms with Gasteiger partial charge in [-0.05, 0) is 39.2 Å². The molecule has 1 unspecified atom stereocenters. The molecular formula is C17H36BN. The predicted octanol–water partition coefficient (Wildman–Crippen LogP) is 5.11. The van der Waals surface area contributed by atoms with Gasteiger partial charge < -0.3 is 5.32 Å². The van der Waals surface area contributed by atoms with Crippen molar-refractivity contribution in [1.82, 2.24) is 5.32 Å². The van der Waals surface area contributed by atoms with Crippen molar-refractivity contribution in [2.24, 2.45) is 5.41 Å². The zero-order chi connectivity index (χ0) is 15.2. The summed E-state index contributed by atoms with van der Waals surface area (Å²) in [7, 11) is 6.69. The van der Waals surface area contributed by atoms with Crippen LogP contribution in [0.1, 0.15) is 87.0 Å². The van der Waals surface area contributed by atoms with E-state index in [1.54, 1.807) is 0 Å². The van der Waals surface area contributed by atoms with E-state index in [-0.39, 0.29) is 10.9 Å². The zero-order valence-electron chi connectivity index (χ0n) is 14.5. The molecule has 19 heavy (non-hydrogen) atoms. The standard InChI is InChI=1S/C17H36BN/c1-8-9-11-17(18,14-15(2,3)4)12-10-13-19-16(5,6)7/h19H,8-14H2,1-7H3. The van der Waals surface area contributed by atoms with Crippen LogP contribution in [0.3, 0.4) is 0 Å². The van der Waals surface area contributed by atoms with E-state index < -0.39 is 0 Å². The summed E-state index contributed by atoms with van der Waals surface area (Å²) in [5.41, 5.74) is 0.532. The molecule has 0 spiro atoms. The van der Waals surface area contributed by atoms with Gasteiger partial charge in [0.1, 0.15) is 0 Å². The molecule has 0 rings (SSSR count). The molecule has 0 aromatic heterocycles. The third-order valence-electron chi connectivity index (χ3n) is 3.42. The summed E-state index contributed by atoms with van der Waals surface area (Å²) in [5, 5.41) is 3.58. The van der Waals surface area contributed by atoms with Crippen molar-refractivity contribution in [3.05, 3.63) is 0 Å². The summed E-state index contributed by atoms with van der Waals surface area (Å²) in [5.74, 6) is 0. The maximum absolute atomic E-state index is 6.69. The molecule has 0 fully saturated rings.